The average Bonchev–Trinajstić information content (AvgIpc) is 3.52. The Morgan fingerprint density at radius 3 is 1.76 bits per heavy atom. The van der Waals surface area contributed by atoms with Crippen molar-refractivity contribution in [2.75, 3.05) is 0 Å². The lowest BCUT2D eigenvalue weighted by atomic mass is 9.85. The lowest BCUT2D eigenvalue weighted by Crippen LogP contribution is -1.91. The van der Waals surface area contributed by atoms with Crippen molar-refractivity contribution < 1.29 is 30.5 Å². The van der Waals surface area contributed by atoms with E-state index in [1.807, 2.05) is 0 Å². The summed E-state index contributed by atoms with van der Waals surface area (Å²) in [4.78, 5) is 0. The van der Waals surface area contributed by atoms with Crippen LogP contribution in [0.15, 0.2) is 125 Å². The summed E-state index contributed by atoms with van der Waals surface area (Å²) in [6.07, 6.45) is 0. The van der Waals surface area contributed by atoms with Crippen LogP contribution < -0.4 is 0 Å². The van der Waals surface area contributed by atoms with Crippen LogP contribution in [0.5, 0.6) is 0 Å². The van der Waals surface area contributed by atoms with Gasteiger partial charge in [-0.3, -0.25) is 0 Å². The first-order valence-electron chi connectivity index (χ1n) is 19.2. The first-order valence-corrected chi connectivity index (χ1v) is 9.74. The number of benzene rings is 6. The Morgan fingerprint density at radius 2 is 1.06 bits per heavy atom. The normalized spacial score (nSPS) is 19.7. The molecule has 7 rings (SSSR count). The van der Waals surface area contributed by atoms with Gasteiger partial charge in [0.1, 0.15) is 11.2 Å². The Morgan fingerprint density at radius 1 is 0.455 bits per heavy atom. The van der Waals surface area contributed by atoms with Gasteiger partial charge in [0.2, 0.25) is 0 Å². The third kappa shape index (κ3) is 2.66. The zero-order chi connectivity index (χ0) is 38.3. The minimum atomic E-state index is -0.851. The predicted molar refractivity (Wildman–Crippen MR) is 140 cm³/mol. The Hall–Kier alpha value is -4.36. The summed E-state index contributed by atoms with van der Waals surface area (Å²) in [7, 11) is 0. The molecule has 0 aliphatic heterocycles. The molecule has 1 nitrogen and oxygen atoms in total. The van der Waals surface area contributed by atoms with Crippen LogP contribution in [0.1, 0.15) is 26.0 Å². The SMILES string of the molecule is [2H]c1cc([2H])c2oc3c([2H])c([2H])c([2H])c(-c4c5c([2H])c([2H])c([2H])c([2H])c5c(-c5c([2H])c([2H])c([2H])c([2H])c5[2H])c5c([2H])c([2H])c([2H])c([2H])c45)c3c2c1[2H]. The summed E-state index contributed by atoms with van der Waals surface area (Å²) in [6, 6.07) is -13.5. The molecule has 1 heteroatoms. The average molecular weight is 440 g/mol. The van der Waals surface area contributed by atoms with Crippen molar-refractivity contribution in [3.63, 3.8) is 0 Å². The van der Waals surface area contributed by atoms with E-state index in [1.165, 1.54) is 0 Å². The molecule has 33 heavy (non-hydrogen) atoms. The molecule has 0 fully saturated rings. The van der Waals surface area contributed by atoms with E-state index in [-0.39, 0.29) is 16.4 Å². The number of rotatable bonds is 2. The monoisotopic (exact) mass is 439 g/mol. The van der Waals surface area contributed by atoms with Gasteiger partial charge in [0, 0.05) is 10.8 Å². The number of furan rings is 1. The Bertz CT molecular complexity index is 2730. The molecule has 1 heterocycles. The van der Waals surface area contributed by atoms with E-state index in [0.717, 1.165) is 6.07 Å². The van der Waals surface area contributed by atoms with E-state index in [0.29, 0.717) is 0 Å². The molecule has 1 aromatic heterocycles. The fourth-order valence-electron chi connectivity index (χ4n) is 4.09. The van der Waals surface area contributed by atoms with Crippen molar-refractivity contribution >= 4 is 43.5 Å². The molecule has 0 unspecified atom stereocenters. The van der Waals surface area contributed by atoms with Gasteiger partial charge in [-0.25, -0.2) is 0 Å². The van der Waals surface area contributed by atoms with E-state index >= 15 is 0 Å². The molecule has 0 atom stereocenters. The second-order valence-corrected chi connectivity index (χ2v) is 7.07. The number of hydrogen-bond acceptors (Lipinski definition) is 1. The van der Waals surface area contributed by atoms with Crippen molar-refractivity contribution in [3.05, 3.63) is 121 Å². The molecule has 0 bridgehead atoms. The van der Waals surface area contributed by atoms with Gasteiger partial charge in [0.05, 0.1) is 26.0 Å². The standard InChI is InChI=1S/C32H20O/c1-2-11-21(12-3-1)30-22-13-4-6-15-24(22)31(25-16-7-5-14-23(25)30)27-18-10-20-29-32(27)26-17-8-9-19-28(26)33-29/h1-20H/i1D,2D,3D,4D,5D,6D,7D,8D,10D,11D,12D,13D,14D,15D,16D,17D,18D,19D,20D. The molecule has 0 aliphatic rings. The quantitative estimate of drug-likeness (QED) is 0.245. The molecular weight excluding hydrogens is 400 g/mol. The fraction of sp³-hybridized carbons (Fsp3) is 0. The molecule has 0 saturated carbocycles. The summed E-state index contributed by atoms with van der Waals surface area (Å²) < 4.78 is 171. The van der Waals surface area contributed by atoms with Crippen molar-refractivity contribution in [1.82, 2.24) is 0 Å². The maximum atomic E-state index is 9.19. The van der Waals surface area contributed by atoms with Crippen LogP contribution in [-0.4, -0.2) is 0 Å². The zero-order valence-electron chi connectivity index (χ0n) is 35.5. The Balaban J connectivity index is 1.97. The van der Waals surface area contributed by atoms with E-state index < -0.39 is 164 Å². The first kappa shape index (κ1) is 7.60. The van der Waals surface area contributed by atoms with Gasteiger partial charge in [-0.2, -0.15) is 0 Å². The van der Waals surface area contributed by atoms with Crippen LogP contribution in [0, 0.1) is 0 Å². The van der Waals surface area contributed by atoms with E-state index in [1.54, 1.807) is 0 Å². The smallest absolute Gasteiger partial charge is 0.136 e. The minimum absolute atomic E-state index is 0.276. The van der Waals surface area contributed by atoms with Crippen LogP contribution in [0.2, 0.25) is 0 Å². The maximum Gasteiger partial charge on any atom is 0.136 e. The van der Waals surface area contributed by atoms with Gasteiger partial charge >= 0.3 is 0 Å². The number of fused-ring (bicyclic) bond motifs is 5. The highest BCUT2D eigenvalue weighted by Crippen LogP contribution is 2.46. The highest BCUT2D eigenvalue weighted by atomic mass is 16.3. The second-order valence-electron chi connectivity index (χ2n) is 7.07. The summed E-state index contributed by atoms with van der Waals surface area (Å²) in [5.74, 6) is 0. The van der Waals surface area contributed by atoms with Crippen LogP contribution in [0.3, 0.4) is 0 Å². The molecular formula is C32H20O. The molecule has 7 aromatic rings. The van der Waals surface area contributed by atoms with E-state index in [4.69, 9.17) is 29.1 Å². The highest BCUT2D eigenvalue weighted by molar-refractivity contribution is 6.25. The van der Waals surface area contributed by atoms with Crippen LogP contribution in [0.4, 0.5) is 0 Å². The van der Waals surface area contributed by atoms with Crippen LogP contribution >= 0.6 is 0 Å². The van der Waals surface area contributed by atoms with Crippen molar-refractivity contribution in [2.24, 2.45) is 0 Å². The lowest BCUT2D eigenvalue weighted by molar-refractivity contribution is 0.669. The molecule has 0 spiro atoms. The molecule has 0 saturated heterocycles. The maximum absolute atomic E-state index is 9.19. The van der Waals surface area contributed by atoms with Crippen molar-refractivity contribution in [2.45, 2.75) is 0 Å². The Kier molecular flexibility index (Phi) is 1.63. The third-order valence-corrected chi connectivity index (χ3v) is 5.37. The Labute approximate surface area is 218 Å². The third-order valence-electron chi connectivity index (χ3n) is 5.37. The van der Waals surface area contributed by atoms with Crippen molar-refractivity contribution in [1.29, 1.82) is 0 Å². The van der Waals surface area contributed by atoms with Crippen LogP contribution in [0.25, 0.3) is 65.7 Å². The predicted octanol–water partition coefficient (Wildman–Crippen LogP) is 9.23. The van der Waals surface area contributed by atoms with Gasteiger partial charge in [0.25, 0.3) is 0 Å². The number of para-hydroxylation sites is 1. The van der Waals surface area contributed by atoms with Crippen molar-refractivity contribution in [3.8, 4) is 22.3 Å². The van der Waals surface area contributed by atoms with Crippen LogP contribution in [-0.2, 0) is 0 Å². The number of hydrogen-bond donors (Lipinski definition) is 0. The molecule has 0 radical (unpaired) electrons. The van der Waals surface area contributed by atoms with E-state index in [2.05, 4.69) is 0 Å². The summed E-state index contributed by atoms with van der Waals surface area (Å²) >= 11 is 0. The largest absolute Gasteiger partial charge is 0.456 e. The van der Waals surface area contributed by atoms with E-state index in [9.17, 15) is 1.37 Å². The van der Waals surface area contributed by atoms with Gasteiger partial charge in [-0.05, 0) is 55.9 Å². The first-order chi connectivity index (χ1) is 24.3. The highest BCUT2D eigenvalue weighted by Gasteiger charge is 2.19. The fourth-order valence-corrected chi connectivity index (χ4v) is 4.09. The van der Waals surface area contributed by atoms with Gasteiger partial charge in [0.15, 0.2) is 0 Å². The summed E-state index contributed by atoms with van der Waals surface area (Å²) in [6.45, 7) is 0. The molecule has 0 N–H and O–H groups in total. The summed E-state index contributed by atoms with van der Waals surface area (Å²) in [5, 5.41) is -2.76. The molecule has 6 aromatic carbocycles. The molecule has 0 amide bonds. The summed E-state index contributed by atoms with van der Waals surface area (Å²) in [5.41, 5.74) is -2.92. The molecule has 0 aliphatic carbocycles. The zero-order valence-corrected chi connectivity index (χ0v) is 16.5. The lowest BCUT2D eigenvalue weighted by Gasteiger charge is -2.18. The van der Waals surface area contributed by atoms with Gasteiger partial charge in [-0.1, -0.05) is 109 Å². The van der Waals surface area contributed by atoms with Gasteiger partial charge < -0.3 is 4.42 Å². The topological polar surface area (TPSA) is 13.1 Å². The van der Waals surface area contributed by atoms with Gasteiger partial charge in [-0.15, -0.1) is 0 Å². The second kappa shape index (κ2) is 7.08. The minimum Gasteiger partial charge on any atom is -0.456 e. The molecule has 154 valence electrons.